The number of rotatable bonds is 3. The SMILES string of the molecule is O=C1NC(=O)C2(CCCCC2)C(=O)N1CCc1nccs1. The molecule has 21 heavy (non-hydrogen) atoms. The van der Waals surface area contributed by atoms with E-state index in [0.717, 1.165) is 24.3 Å². The molecule has 0 unspecified atom stereocenters. The number of amides is 4. The van der Waals surface area contributed by atoms with E-state index in [1.165, 1.54) is 16.2 Å². The highest BCUT2D eigenvalue weighted by molar-refractivity contribution is 7.09. The Morgan fingerprint density at radius 1 is 1.24 bits per heavy atom. The lowest BCUT2D eigenvalue weighted by atomic mass is 9.71. The second-order valence-electron chi connectivity index (χ2n) is 5.53. The highest BCUT2D eigenvalue weighted by atomic mass is 32.1. The van der Waals surface area contributed by atoms with E-state index in [0.29, 0.717) is 19.3 Å². The van der Waals surface area contributed by atoms with Crippen LogP contribution in [0.3, 0.4) is 0 Å². The van der Waals surface area contributed by atoms with E-state index in [1.807, 2.05) is 5.38 Å². The summed E-state index contributed by atoms with van der Waals surface area (Å²) in [5, 5.41) is 5.10. The Morgan fingerprint density at radius 2 is 2.00 bits per heavy atom. The summed E-state index contributed by atoms with van der Waals surface area (Å²) in [7, 11) is 0. The van der Waals surface area contributed by atoms with Crippen molar-refractivity contribution in [2.75, 3.05) is 6.54 Å². The summed E-state index contributed by atoms with van der Waals surface area (Å²) in [6.45, 7) is 0.271. The van der Waals surface area contributed by atoms with Gasteiger partial charge in [0.1, 0.15) is 5.41 Å². The minimum atomic E-state index is -1.02. The molecule has 1 aliphatic heterocycles. The lowest BCUT2D eigenvalue weighted by Crippen LogP contribution is -2.64. The number of carbonyl (C=O) groups excluding carboxylic acids is 3. The van der Waals surface area contributed by atoms with E-state index < -0.39 is 17.4 Å². The third kappa shape index (κ3) is 2.46. The molecule has 3 rings (SSSR count). The van der Waals surface area contributed by atoms with Crippen LogP contribution in [0.15, 0.2) is 11.6 Å². The quantitative estimate of drug-likeness (QED) is 0.862. The summed E-state index contributed by atoms with van der Waals surface area (Å²) in [5.74, 6) is -0.741. The van der Waals surface area contributed by atoms with Gasteiger partial charge >= 0.3 is 6.03 Å². The molecular weight excluding hydrogens is 290 g/mol. The number of urea groups is 1. The van der Waals surface area contributed by atoms with Crippen molar-refractivity contribution < 1.29 is 14.4 Å². The molecule has 1 saturated heterocycles. The number of carbonyl (C=O) groups is 3. The van der Waals surface area contributed by atoms with Crippen molar-refractivity contribution >= 4 is 29.2 Å². The Morgan fingerprint density at radius 3 is 2.67 bits per heavy atom. The van der Waals surface area contributed by atoms with Crippen LogP contribution in [0.2, 0.25) is 0 Å². The molecule has 2 heterocycles. The summed E-state index contributed by atoms with van der Waals surface area (Å²) >= 11 is 1.49. The first kappa shape index (κ1) is 14.2. The van der Waals surface area contributed by atoms with Gasteiger partial charge in [-0.25, -0.2) is 9.78 Å². The number of aromatic nitrogens is 1. The monoisotopic (exact) mass is 307 g/mol. The standard InChI is InChI=1S/C14H17N3O3S/c18-11-14(5-2-1-3-6-14)12(19)17(13(20)16-11)8-4-10-15-7-9-21-10/h7,9H,1-6,8H2,(H,16,18,20). The Bertz CT molecular complexity index is 564. The zero-order chi connectivity index (χ0) is 14.9. The summed E-state index contributed by atoms with van der Waals surface area (Å²) in [4.78, 5) is 42.2. The molecule has 112 valence electrons. The van der Waals surface area contributed by atoms with Crippen molar-refractivity contribution in [3.8, 4) is 0 Å². The van der Waals surface area contributed by atoms with Gasteiger partial charge in [0.05, 0.1) is 5.01 Å². The maximum atomic E-state index is 12.7. The van der Waals surface area contributed by atoms with Crippen molar-refractivity contribution in [3.05, 3.63) is 16.6 Å². The molecule has 6 nitrogen and oxygen atoms in total. The van der Waals surface area contributed by atoms with Crippen LogP contribution < -0.4 is 5.32 Å². The molecule has 0 radical (unpaired) electrons. The summed E-state index contributed by atoms with van der Waals surface area (Å²) in [5.41, 5.74) is -1.02. The van der Waals surface area contributed by atoms with E-state index in [1.54, 1.807) is 6.20 Å². The molecule has 4 amide bonds. The van der Waals surface area contributed by atoms with Crippen LogP contribution >= 0.6 is 11.3 Å². The molecule has 2 fully saturated rings. The maximum Gasteiger partial charge on any atom is 0.330 e. The molecule has 1 saturated carbocycles. The summed E-state index contributed by atoms with van der Waals surface area (Å²) in [6.07, 6.45) is 6.06. The van der Waals surface area contributed by atoms with E-state index in [2.05, 4.69) is 10.3 Å². The Kier molecular flexibility index (Phi) is 3.75. The van der Waals surface area contributed by atoms with Crippen LogP contribution in [-0.4, -0.2) is 34.3 Å². The number of imide groups is 2. The Hall–Kier alpha value is -1.76. The van der Waals surface area contributed by atoms with Crippen molar-refractivity contribution in [2.45, 2.75) is 38.5 Å². The molecule has 1 N–H and O–H groups in total. The van der Waals surface area contributed by atoms with Crippen molar-refractivity contribution in [1.82, 2.24) is 15.2 Å². The van der Waals surface area contributed by atoms with Gasteiger partial charge in [0.2, 0.25) is 11.8 Å². The smallest absolute Gasteiger partial charge is 0.277 e. The number of hydrogen-bond acceptors (Lipinski definition) is 5. The average molecular weight is 307 g/mol. The fourth-order valence-corrected chi connectivity index (χ4v) is 3.72. The summed E-state index contributed by atoms with van der Waals surface area (Å²) < 4.78 is 0. The molecule has 7 heteroatoms. The molecule has 1 aliphatic carbocycles. The fraction of sp³-hybridized carbons (Fsp3) is 0.571. The molecule has 1 aromatic rings. The molecule has 0 atom stereocenters. The van der Waals surface area contributed by atoms with Gasteiger partial charge in [-0.15, -0.1) is 11.3 Å². The minimum Gasteiger partial charge on any atom is -0.277 e. The topological polar surface area (TPSA) is 79.4 Å². The maximum absolute atomic E-state index is 12.7. The third-order valence-electron chi connectivity index (χ3n) is 4.29. The summed E-state index contributed by atoms with van der Waals surface area (Å²) in [6, 6.07) is -0.599. The zero-order valence-corrected chi connectivity index (χ0v) is 12.4. The Balaban J connectivity index is 1.77. The van der Waals surface area contributed by atoms with Gasteiger partial charge in [0.15, 0.2) is 0 Å². The first-order valence-electron chi connectivity index (χ1n) is 7.19. The van der Waals surface area contributed by atoms with Gasteiger partial charge in [0, 0.05) is 24.5 Å². The first-order valence-corrected chi connectivity index (χ1v) is 8.07. The fourth-order valence-electron chi connectivity index (χ4n) is 3.12. The normalized spacial score (nSPS) is 21.7. The van der Waals surface area contributed by atoms with Gasteiger partial charge in [0.25, 0.3) is 0 Å². The van der Waals surface area contributed by atoms with Crippen molar-refractivity contribution in [1.29, 1.82) is 0 Å². The van der Waals surface area contributed by atoms with Crippen LogP contribution in [-0.2, 0) is 16.0 Å². The number of thiazole rings is 1. The van der Waals surface area contributed by atoms with Crippen LogP contribution in [0.5, 0.6) is 0 Å². The molecule has 0 aromatic carbocycles. The van der Waals surface area contributed by atoms with Gasteiger partial charge < -0.3 is 0 Å². The van der Waals surface area contributed by atoms with Gasteiger partial charge in [-0.05, 0) is 12.8 Å². The molecule has 0 bridgehead atoms. The predicted molar refractivity (Wildman–Crippen MR) is 76.6 cm³/mol. The molecule has 2 aliphatic rings. The van der Waals surface area contributed by atoms with Crippen molar-refractivity contribution in [2.24, 2.45) is 5.41 Å². The zero-order valence-electron chi connectivity index (χ0n) is 11.6. The minimum absolute atomic E-state index is 0.271. The predicted octanol–water partition coefficient (Wildman–Crippen LogP) is 1.71. The lowest BCUT2D eigenvalue weighted by Gasteiger charge is -2.41. The molecule has 1 spiro atoms. The highest BCUT2D eigenvalue weighted by Crippen LogP contribution is 2.40. The van der Waals surface area contributed by atoms with Gasteiger partial charge in [-0.3, -0.25) is 19.8 Å². The van der Waals surface area contributed by atoms with E-state index in [4.69, 9.17) is 0 Å². The second kappa shape index (κ2) is 5.55. The number of barbiturate groups is 1. The lowest BCUT2D eigenvalue weighted by molar-refractivity contribution is -0.153. The first-order chi connectivity index (χ1) is 10.1. The van der Waals surface area contributed by atoms with Crippen LogP contribution in [0.1, 0.15) is 37.1 Å². The van der Waals surface area contributed by atoms with Crippen LogP contribution in [0, 0.1) is 5.41 Å². The van der Waals surface area contributed by atoms with Crippen LogP contribution in [0.25, 0.3) is 0 Å². The highest BCUT2D eigenvalue weighted by Gasteiger charge is 2.53. The van der Waals surface area contributed by atoms with E-state index in [-0.39, 0.29) is 12.5 Å². The van der Waals surface area contributed by atoms with Gasteiger partial charge in [-0.1, -0.05) is 19.3 Å². The largest absolute Gasteiger partial charge is 0.330 e. The third-order valence-corrected chi connectivity index (χ3v) is 5.13. The Labute approximate surface area is 126 Å². The van der Waals surface area contributed by atoms with E-state index in [9.17, 15) is 14.4 Å². The second-order valence-corrected chi connectivity index (χ2v) is 6.51. The molecule has 1 aromatic heterocycles. The van der Waals surface area contributed by atoms with Crippen LogP contribution in [0.4, 0.5) is 4.79 Å². The molecular formula is C14H17N3O3S. The van der Waals surface area contributed by atoms with Crippen molar-refractivity contribution in [3.63, 3.8) is 0 Å². The number of nitrogens with zero attached hydrogens (tertiary/aromatic N) is 2. The average Bonchev–Trinajstić information content (AvgIpc) is 3.00. The number of hydrogen-bond donors (Lipinski definition) is 1. The number of nitrogens with one attached hydrogen (secondary N) is 1. The van der Waals surface area contributed by atoms with E-state index >= 15 is 0 Å². The van der Waals surface area contributed by atoms with Gasteiger partial charge in [-0.2, -0.15) is 0 Å².